The number of nitro groups is 1. The van der Waals surface area contributed by atoms with E-state index in [-0.39, 0.29) is 16.7 Å². The Morgan fingerprint density at radius 3 is 2.62 bits per heavy atom. The molecule has 0 radical (unpaired) electrons. The van der Waals surface area contributed by atoms with E-state index < -0.39 is 0 Å². The topological polar surface area (TPSA) is 43.1 Å². The predicted molar refractivity (Wildman–Crippen MR) is 68.7 cm³/mol. The first-order valence-electron chi connectivity index (χ1n) is 4.73. The summed E-state index contributed by atoms with van der Waals surface area (Å²) in [6.45, 7) is 3.52. The highest BCUT2D eigenvalue weighted by molar-refractivity contribution is 7.99. The van der Waals surface area contributed by atoms with Gasteiger partial charge in [0, 0.05) is 15.7 Å². The molecule has 0 heterocycles. The van der Waals surface area contributed by atoms with Crippen LogP contribution in [0.4, 0.5) is 0 Å². The Labute approximate surface area is 104 Å². The summed E-state index contributed by atoms with van der Waals surface area (Å²) in [5.74, 6) is 0.696. The summed E-state index contributed by atoms with van der Waals surface area (Å²) in [7, 11) is 0. The third-order valence-electron chi connectivity index (χ3n) is 1.97. The lowest BCUT2D eigenvalue weighted by atomic mass is 10.1. The summed E-state index contributed by atoms with van der Waals surface area (Å²) in [6.07, 6.45) is 1.74. The van der Waals surface area contributed by atoms with Crippen LogP contribution in [0.3, 0.4) is 0 Å². The van der Waals surface area contributed by atoms with E-state index in [4.69, 9.17) is 11.6 Å². The van der Waals surface area contributed by atoms with Crippen molar-refractivity contribution in [2.24, 2.45) is 0 Å². The number of thioether (sulfide) groups is 1. The van der Waals surface area contributed by atoms with E-state index >= 15 is 0 Å². The van der Waals surface area contributed by atoms with Gasteiger partial charge in [-0.25, -0.2) is 0 Å². The smallest absolute Gasteiger partial charge is 0.219 e. The minimum Gasteiger partial charge on any atom is -0.264 e. The molecule has 0 aromatic heterocycles. The van der Waals surface area contributed by atoms with Gasteiger partial charge in [0.05, 0.1) is 5.25 Å². The van der Waals surface area contributed by atoms with E-state index in [9.17, 15) is 10.1 Å². The fourth-order valence-electron chi connectivity index (χ4n) is 1.25. The molecule has 0 aliphatic rings. The second-order valence-corrected chi connectivity index (χ2v) is 4.85. The molecule has 0 aliphatic carbocycles. The highest BCUT2D eigenvalue weighted by Gasteiger charge is 2.17. The van der Waals surface area contributed by atoms with Gasteiger partial charge in [0.1, 0.15) is 0 Å². The maximum absolute atomic E-state index is 10.6. The number of rotatable bonds is 6. The average molecular weight is 258 g/mol. The molecule has 0 bridgehead atoms. The number of halogens is 1. The molecule has 3 nitrogen and oxygen atoms in total. The van der Waals surface area contributed by atoms with Crippen LogP contribution in [0.1, 0.15) is 10.8 Å². The number of benzene rings is 1. The van der Waals surface area contributed by atoms with Gasteiger partial charge in [0.25, 0.3) is 0 Å². The molecule has 0 N–H and O–H groups in total. The third-order valence-corrected chi connectivity index (χ3v) is 3.48. The molecule has 1 atom stereocenters. The number of nitrogens with zero attached hydrogens (tertiary/aromatic N) is 1. The molecule has 0 amide bonds. The van der Waals surface area contributed by atoms with Crippen molar-refractivity contribution in [1.29, 1.82) is 0 Å². The van der Waals surface area contributed by atoms with E-state index in [1.165, 1.54) is 11.8 Å². The molecule has 1 unspecified atom stereocenters. The summed E-state index contributed by atoms with van der Waals surface area (Å²) >= 11 is 7.28. The largest absolute Gasteiger partial charge is 0.264 e. The Kier molecular flexibility index (Phi) is 5.35. The highest BCUT2D eigenvalue weighted by Crippen LogP contribution is 2.29. The lowest BCUT2D eigenvalue weighted by molar-refractivity contribution is -0.479. The summed E-state index contributed by atoms with van der Waals surface area (Å²) in [4.78, 5) is 10.3. The van der Waals surface area contributed by atoms with E-state index in [0.29, 0.717) is 10.8 Å². The van der Waals surface area contributed by atoms with Gasteiger partial charge in [-0.15, -0.1) is 18.3 Å². The molecule has 0 fully saturated rings. The second kappa shape index (κ2) is 6.55. The predicted octanol–water partition coefficient (Wildman–Crippen LogP) is 3.58. The Morgan fingerprint density at radius 1 is 1.50 bits per heavy atom. The zero-order valence-electron chi connectivity index (χ0n) is 8.64. The monoisotopic (exact) mass is 257 g/mol. The minimum absolute atomic E-state index is 0.0832. The molecular formula is C11H12ClNO2S. The molecule has 16 heavy (non-hydrogen) atoms. The summed E-state index contributed by atoms with van der Waals surface area (Å²) < 4.78 is 0. The van der Waals surface area contributed by atoms with Crippen molar-refractivity contribution < 1.29 is 4.92 Å². The molecule has 0 saturated heterocycles. The Morgan fingerprint density at radius 2 is 2.12 bits per heavy atom. The minimum atomic E-state index is -0.296. The molecule has 0 saturated carbocycles. The van der Waals surface area contributed by atoms with Crippen LogP contribution >= 0.6 is 23.4 Å². The average Bonchev–Trinajstić information content (AvgIpc) is 2.25. The second-order valence-electron chi connectivity index (χ2n) is 3.18. The lowest BCUT2D eigenvalue weighted by Gasteiger charge is -2.11. The van der Waals surface area contributed by atoms with Crippen LogP contribution in [0.15, 0.2) is 36.9 Å². The van der Waals surface area contributed by atoms with Gasteiger partial charge in [-0.05, 0) is 17.7 Å². The SMILES string of the molecule is C=CCSC(C[N+](=O)[O-])c1ccc(Cl)cc1. The van der Waals surface area contributed by atoms with Crippen LogP contribution < -0.4 is 0 Å². The van der Waals surface area contributed by atoms with Crippen LogP contribution in [0.2, 0.25) is 5.02 Å². The fourth-order valence-corrected chi connectivity index (χ4v) is 2.32. The molecule has 86 valence electrons. The molecule has 1 rings (SSSR count). The molecule has 0 spiro atoms. The molecule has 5 heteroatoms. The first kappa shape index (κ1) is 13.1. The maximum Gasteiger partial charge on any atom is 0.219 e. The first-order chi connectivity index (χ1) is 7.63. The molecular weight excluding hydrogens is 246 g/mol. The Hall–Kier alpha value is -1.00. The zero-order valence-corrected chi connectivity index (χ0v) is 10.2. The fraction of sp³-hybridized carbons (Fsp3) is 0.273. The van der Waals surface area contributed by atoms with Crippen molar-refractivity contribution in [3.05, 3.63) is 57.6 Å². The summed E-state index contributed by atoms with van der Waals surface area (Å²) in [5.41, 5.74) is 0.924. The molecule has 1 aromatic rings. The van der Waals surface area contributed by atoms with Crippen LogP contribution in [0.25, 0.3) is 0 Å². The van der Waals surface area contributed by atoms with Crippen molar-refractivity contribution in [3.63, 3.8) is 0 Å². The van der Waals surface area contributed by atoms with Gasteiger partial charge in [0.2, 0.25) is 6.54 Å². The van der Waals surface area contributed by atoms with E-state index in [2.05, 4.69) is 6.58 Å². The van der Waals surface area contributed by atoms with Gasteiger partial charge in [-0.1, -0.05) is 29.8 Å². The normalized spacial score (nSPS) is 12.1. The summed E-state index contributed by atoms with van der Waals surface area (Å²) in [5, 5.41) is 11.0. The Bertz CT molecular complexity index is 367. The van der Waals surface area contributed by atoms with Crippen LogP contribution in [0.5, 0.6) is 0 Å². The highest BCUT2D eigenvalue weighted by atomic mass is 35.5. The van der Waals surface area contributed by atoms with E-state index in [1.807, 2.05) is 12.1 Å². The molecule has 1 aromatic carbocycles. The van der Waals surface area contributed by atoms with E-state index in [1.54, 1.807) is 18.2 Å². The Balaban J connectivity index is 2.77. The quantitative estimate of drug-likeness (QED) is 0.444. The number of hydrogen-bond acceptors (Lipinski definition) is 3. The van der Waals surface area contributed by atoms with Gasteiger partial charge in [-0.2, -0.15) is 0 Å². The lowest BCUT2D eigenvalue weighted by Crippen LogP contribution is -2.10. The standard InChI is InChI=1S/C11H12ClNO2S/c1-2-7-16-11(8-13(14)15)9-3-5-10(12)6-4-9/h2-6,11H,1,7-8H2. The van der Waals surface area contributed by atoms with E-state index in [0.717, 1.165) is 5.56 Å². The van der Waals surface area contributed by atoms with Crippen LogP contribution in [0, 0.1) is 10.1 Å². The van der Waals surface area contributed by atoms with Gasteiger partial charge < -0.3 is 0 Å². The van der Waals surface area contributed by atoms with Gasteiger partial charge in [0.15, 0.2) is 0 Å². The van der Waals surface area contributed by atoms with Crippen molar-refractivity contribution in [2.45, 2.75) is 5.25 Å². The van der Waals surface area contributed by atoms with Crippen molar-refractivity contribution in [1.82, 2.24) is 0 Å². The molecule has 0 aliphatic heterocycles. The van der Waals surface area contributed by atoms with Crippen molar-refractivity contribution >= 4 is 23.4 Å². The summed E-state index contributed by atoms with van der Waals surface area (Å²) in [6, 6.07) is 7.15. The zero-order chi connectivity index (χ0) is 12.0. The van der Waals surface area contributed by atoms with Crippen molar-refractivity contribution in [3.8, 4) is 0 Å². The maximum atomic E-state index is 10.6. The first-order valence-corrected chi connectivity index (χ1v) is 6.16. The van der Waals surface area contributed by atoms with Crippen molar-refractivity contribution in [2.75, 3.05) is 12.3 Å². The van der Waals surface area contributed by atoms with Gasteiger partial charge >= 0.3 is 0 Å². The van der Waals surface area contributed by atoms with Crippen LogP contribution in [-0.2, 0) is 0 Å². The third kappa shape index (κ3) is 4.24. The number of hydrogen-bond donors (Lipinski definition) is 0. The van der Waals surface area contributed by atoms with Gasteiger partial charge in [-0.3, -0.25) is 10.1 Å². The van der Waals surface area contributed by atoms with Crippen LogP contribution in [-0.4, -0.2) is 17.2 Å².